The number of benzene rings is 2. The molecule has 1 unspecified atom stereocenters. The molecular weight excluding hydrogens is 565 g/mol. The van der Waals surface area contributed by atoms with Crippen LogP contribution in [0.1, 0.15) is 13.8 Å². The molecule has 6 nitrogen and oxygen atoms in total. The minimum Gasteiger partial charge on any atom is -0.428 e. The first-order valence-electron chi connectivity index (χ1n) is 10.1. The lowest BCUT2D eigenvalue weighted by atomic mass is 10.0. The zero-order valence-corrected chi connectivity index (χ0v) is 19.3. The van der Waals surface area contributed by atoms with Crippen LogP contribution in [0.2, 0.25) is 0 Å². The molecule has 0 heterocycles. The van der Waals surface area contributed by atoms with Gasteiger partial charge in [0.25, 0.3) is 12.0 Å². The van der Waals surface area contributed by atoms with Gasteiger partial charge in [0.15, 0.2) is 5.75 Å². The van der Waals surface area contributed by atoms with Crippen molar-refractivity contribution < 1.29 is 67.4 Å². The number of anilines is 2. The van der Waals surface area contributed by atoms with E-state index in [1.165, 1.54) is 0 Å². The van der Waals surface area contributed by atoms with Crippen LogP contribution in [0, 0.1) is 0 Å². The molecule has 0 aromatic heterocycles. The van der Waals surface area contributed by atoms with Gasteiger partial charge >= 0.3 is 24.5 Å². The summed E-state index contributed by atoms with van der Waals surface area (Å²) in [5.41, 5.74) is -1.21. The third kappa shape index (κ3) is 8.22. The Morgan fingerprint density at radius 1 is 0.769 bits per heavy atom. The molecule has 0 aliphatic heterocycles. The summed E-state index contributed by atoms with van der Waals surface area (Å²) >= 11 is 0. The van der Waals surface area contributed by atoms with E-state index in [4.69, 9.17) is 0 Å². The van der Waals surface area contributed by atoms with E-state index in [0.29, 0.717) is 6.07 Å². The standard InChI is InChI=1S/C22H15F11N2O4/c1-9(36)34-13-7-11(3-5-15(13)38-18(24)17(23)20(26,27)28)12-4-6-16(14(8-12)35-10(2)37)39-22(32,33)19(25)21(29,30)31/h3-8,19H,1-2H3,(H,34,36)(H,35,37). The lowest BCUT2D eigenvalue weighted by molar-refractivity contribution is -0.304. The van der Waals surface area contributed by atoms with Gasteiger partial charge in [0.05, 0.1) is 11.4 Å². The van der Waals surface area contributed by atoms with Crippen molar-refractivity contribution in [3.05, 3.63) is 48.2 Å². The van der Waals surface area contributed by atoms with Crippen molar-refractivity contribution in [2.24, 2.45) is 0 Å². The van der Waals surface area contributed by atoms with Crippen LogP contribution in [-0.2, 0) is 9.59 Å². The lowest BCUT2D eigenvalue weighted by Gasteiger charge is -2.24. The quantitative estimate of drug-likeness (QED) is 0.256. The van der Waals surface area contributed by atoms with Gasteiger partial charge in [-0.3, -0.25) is 9.59 Å². The molecule has 0 spiro atoms. The smallest absolute Gasteiger partial charge is 0.428 e. The number of halogens is 11. The molecule has 2 aromatic rings. The number of carbonyl (C=O) groups excluding carboxylic acids is 2. The van der Waals surface area contributed by atoms with Crippen molar-refractivity contribution in [2.45, 2.75) is 38.5 Å². The van der Waals surface area contributed by atoms with E-state index in [-0.39, 0.29) is 11.1 Å². The number of allylic oxidation sites excluding steroid dienone is 1. The maximum Gasteiger partial charge on any atom is 0.449 e. The number of amides is 2. The van der Waals surface area contributed by atoms with E-state index in [0.717, 1.165) is 44.2 Å². The number of alkyl halides is 9. The Balaban J connectivity index is 2.55. The lowest BCUT2D eigenvalue weighted by Crippen LogP contribution is -2.45. The first-order valence-corrected chi connectivity index (χ1v) is 10.1. The summed E-state index contributed by atoms with van der Waals surface area (Å²) < 4.78 is 150. The molecule has 2 amide bonds. The Labute approximate surface area is 211 Å². The van der Waals surface area contributed by atoms with Crippen LogP contribution in [0.4, 0.5) is 59.7 Å². The van der Waals surface area contributed by atoms with Gasteiger partial charge in [0.1, 0.15) is 5.75 Å². The van der Waals surface area contributed by atoms with Gasteiger partial charge in [-0.25, -0.2) is 4.39 Å². The first-order chi connectivity index (χ1) is 17.7. The van der Waals surface area contributed by atoms with Crippen LogP contribution >= 0.6 is 0 Å². The third-order valence-electron chi connectivity index (χ3n) is 4.36. The highest BCUT2D eigenvalue weighted by atomic mass is 19.4. The minimum atomic E-state index is -5.99. The van der Waals surface area contributed by atoms with Crippen LogP contribution in [-0.4, -0.2) is 36.4 Å². The van der Waals surface area contributed by atoms with Gasteiger partial charge in [-0.2, -0.15) is 43.9 Å². The number of rotatable bonds is 8. The predicted molar refractivity (Wildman–Crippen MR) is 113 cm³/mol. The number of hydrogen-bond acceptors (Lipinski definition) is 4. The molecule has 2 rings (SSSR count). The van der Waals surface area contributed by atoms with Crippen molar-refractivity contribution in [1.82, 2.24) is 0 Å². The number of carbonyl (C=O) groups is 2. The summed E-state index contributed by atoms with van der Waals surface area (Å²) in [6.07, 6.45) is -21.8. The van der Waals surface area contributed by atoms with Gasteiger partial charge in [-0.1, -0.05) is 12.1 Å². The third-order valence-corrected chi connectivity index (χ3v) is 4.36. The van der Waals surface area contributed by atoms with Crippen molar-refractivity contribution in [3.8, 4) is 22.6 Å². The summed E-state index contributed by atoms with van der Waals surface area (Å²) in [4.78, 5) is 23.0. The molecule has 0 bridgehead atoms. The molecule has 0 saturated carbocycles. The maximum absolute atomic E-state index is 13.8. The van der Waals surface area contributed by atoms with Crippen molar-refractivity contribution in [2.75, 3.05) is 10.6 Å². The highest BCUT2D eigenvalue weighted by molar-refractivity contribution is 5.93. The Hall–Kier alpha value is -4.05. The molecule has 0 aliphatic rings. The highest BCUT2D eigenvalue weighted by Crippen LogP contribution is 2.41. The Bertz CT molecular complexity index is 1270. The number of hydrogen-bond donors (Lipinski definition) is 2. The van der Waals surface area contributed by atoms with Crippen LogP contribution in [0.5, 0.6) is 11.5 Å². The maximum atomic E-state index is 13.8. The van der Waals surface area contributed by atoms with Gasteiger partial charge in [0.2, 0.25) is 11.8 Å². The number of ether oxygens (including phenoxy) is 2. The minimum absolute atomic E-state index is 0.0182. The SMILES string of the molecule is CC(=O)Nc1cc(-c2ccc(OC(F)(F)C(F)C(F)(F)F)c(NC(C)=O)c2)ccc1OC(F)=C(F)C(F)(F)F. The van der Waals surface area contributed by atoms with Crippen molar-refractivity contribution in [3.63, 3.8) is 0 Å². The predicted octanol–water partition coefficient (Wildman–Crippen LogP) is 7.19. The number of nitrogens with one attached hydrogen (secondary N) is 2. The zero-order valence-electron chi connectivity index (χ0n) is 19.3. The fourth-order valence-corrected chi connectivity index (χ4v) is 2.81. The molecule has 0 aliphatic carbocycles. The molecule has 2 aromatic carbocycles. The summed E-state index contributed by atoms with van der Waals surface area (Å²) in [5, 5.41) is 4.08. The molecule has 39 heavy (non-hydrogen) atoms. The second-order valence-electron chi connectivity index (χ2n) is 7.54. The van der Waals surface area contributed by atoms with Gasteiger partial charge in [-0.05, 0) is 35.4 Å². The van der Waals surface area contributed by atoms with Crippen LogP contribution in [0.15, 0.2) is 48.2 Å². The van der Waals surface area contributed by atoms with Gasteiger partial charge in [-0.15, -0.1) is 0 Å². The Kier molecular flexibility index (Phi) is 9.08. The van der Waals surface area contributed by atoms with Crippen molar-refractivity contribution >= 4 is 23.2 Å². The average molecular weight is 580 g/mol. The van der Waals surface area contributed by atoms with Gasteiger partial charge < -0.3 is 20.1 Å². The first kappa shape index (κ1) is 31.2. The van der Waals surface area contributed by atoms with E-state index in [2.05, 4.69) is 14.8 Å². The summed E-state index contributed by atoms with van der Waals surface area (Å²) in [6.45, 7) is 1.84. The van der Waals surface area contributed by atoms with E-state index in [9.17, 15) is 57.9 Å². The second kappa shape index (κ2) is 11.4. The molecule has 0 fully saturated rings. The van der Waals surface area contributed by atoms with Crippen LogP contribution < -0.4 is 20.1 Å². The van der Waals surface area contributed by atoms with E-state index in [1.807, 2.05) is 5.32 Å². The molecule has 214 valence electrons. The van der Waals surface area contributed by atoms with E-state index < -0.39 is 71.2 Å². The Morgan fingerprint density at radius 3 is 1.62 bits per heavy atom. The van der Waals surface area contributed by atoms with E-state index in [1.54, 1.807) is 0 Å². The molecular formula is C22H15F11N2O4. The summed E-state index contributed by atoms with van der Waals surface area (Å²) in [6, 6.07) is 2.54. The molecule has 0 saturated heterocycles. The fraction of sp³-hybridized carbons (Fsp3) is 0.273. The van der Waals surface area contributed by atoms with Gasteiger partial charge in [0, 0.05) is 13.8 Å². The average Bonchev–Trinajstić information content (AvgIpc) is 2.78. The van der Waals surface area contributed by atoms with Crippen LogP contribution in [0.3, 0.4) is 0 Å². The topological polar surface area (TPSA) is 76.7 Å². The normalized spacial score (nSPS) is 13.8. The van der Waals surface area contributed by atoms with Crippen molar-refractivity contribution in [1.29, 1.82) is 0 Å². The monoisotopic (exact) mass is 580 g/mol. The molecule has 0 radical (unpaired) electrons. The van der Waals surface area contributed by atoms with Crippen LogP contribution in [0.25, 0.3) is 11.1 Å². The molecule has 1 atom stereocenters. The fourth-order valence-electron chi connectivity index (χ4n) is 2.81. The molecule has 17 heteroatoms. The van der Waals surface area contributed by atoms with E-state index >= 15 is 0 Å². The Morgan fingerprint density at radius 2 is 1.21 bits per heavy atom. The molecule has 2 N–H and O–H groups in total. The summed E-state index contributed by atoms with van der Waals surface area (Å²) in [7, 11) is 0. The largest absolute Gasteiger partial charge is 0.449 e. The zero-order chi connectivity index (χ0) is 29.9. The summed E-state index contributed by atoms with van der Waals surface area (Å²) in [5.74, 6) is -6.83. The second-order valence-corrected chi connectivity index (χ2v) is 7.54. The highest BCUT2D eigenvalue weighted by Gasteiger charge is 2.59.